The van der Waals surface area contributed by atoms with E-state index in [9.17, 15) is 4.79 Å². The summed E-state index contributed by atoms with van der Waals surface area (Å²) in [6, 6.07) is 0.492. The molecule has 2 bridgehead atoms. The summed E-state index contributed by atoms with van der Waals surface area (Å²) in [5, 5.41) is 3.34. The maximum Gasteiger partial charge on any atom is 0.219 e. The minimum Gasteiger partial charge on any atom is -0.338 e. The van der Waals surface area contributed by atoms with E-state index in [0.29, 0.717) is 6.04 Å². The number of carbonyl (C=O) groups excluding carboxylic acids is 1. The van der Waals surface area contributed by atoms with Crippen LogP contribution in [0.15, 0.2) is 0 Å². The van der Waals surface area contributed by atoms with E-state index in [1.165, 1.54) is 6.42 Å². The molecule has 2 saturated heterocycles. The van der Waals surface area contributed by atoms with Crippen molar-refractivity contribution in [3.63, 3.8) is 0 Å². The lowest BCUT2D eigenvalue weighted by Crippen LogP contribution is -2.40. The summed E-state index contributed by atoms with van der Waals surface area (Å²) >= 11 is 0. The normalized spacial score (nSPS) is 35.9. The molecule has 1 amide bonds. The van der Waals surface area contributed by atoms with Gasteiger partial charge >= 0.3 is 0 Å². The highest BCUT2D eigenvalue weighted by Gasteiger charge is 2.35. The van der Waals surface area contributed by atoms with E-state index in [2.05, 4.69) is 5.32 Å². The van der Waals surface area contributed by atoms with Crippen molar-refractivity contribution in [3.8, 4) is 0 Å². The van der Waals surface area contributed by atoms with Gasteiger partial charge in [0.1, 0.15) is 0 Å². The number of nitrogens with one attached hydrogen (secondary N) is 1. The largest absolute Gasteiger partial charge is 0.338 e. The Balaban J connectivity index is 2.08. The zero-order chi connectivity index (χ0) is 7.84. The summed E-state index contributed by atoms with van der Waals surface area (Å²) < 4.78 is 0. The van der Waals surface area contributed by atoms with Crippen LogP contribution in [0.25, 0.3) is 0 Å². The second-order valence-corrected chi connectivity index (χ2v) is 3.59. The van der Waals surface area contributed by atoms with E-state index >= 15 is 0 Å². The standard InChI is InChI=1S/C8H14N2O/c1-6(11)10-5-7-2-8(10)4-9-3-7/h7-9H,2-5H2,1H3. The lowest BCUT2D eigenvalue weighted by molar-refractivity contribution is -0.129. The van der Waals surface area contributed by atoms with Crippen LogP contribution in [-0.2, 0) is 4.79 Å². The van der Waals surface area contributed by atoms with E-state index in [4.69, 9.17) is 0 Å². The third-order valence-corrected chi connectivity index (χ3v) is 2.72. The molecule has 0 spiro atoms. The fourth-order valence-corrected chi connectivity index (χ4v) is 2.19. The average molecular weight is 154 g/mol. The molecule has 2 unspecified atom stereocenters. The van der Waals surface area contributed by atoms with Gasteiger partial charge in [0.25, 0.3) is 0 Å². The molecule has 0 saturated carbocycles. The van der Waals surface area contributed by atoms with Crippen molar-refractivity contribution < 1.29 is 4.79 Å². The van der Waals surface area contributed by atoms with E-state index in [1.807, 2.05) is 4.90 Å². The molecule has 2 atom stereocenters. The van der Waals surface area contributed by atoms with Crippen molar-refractivity contribution in [2.75, 3.05) is 19.6 Å². The summed E-state index contributed by atoms with van der Waals surface area (Å²) in [6.45, 7) is 4.74. The highest BCUT2D eigenvalue weighted by Crippen LogP contribution is 2.25. The molecule has 3 nitrogen and oxygen atoms in total. The first-order chi connectivity index (χ1) is 5.27. The van der Waals surface area contributed by atoms with E-state index in [-0.39, 0.29) is 5.91 Å². The van der Waals surface area contributed by atoms with E-state index in [0.717, 1.165) is 25.6 Å². The second-order valence-electron chi connectivity index (χ2n) is 3.59. The molecule has 2 rings (SSSR count). The van der Waals surface area contributed by atoms with Gasteiger partial charge in [-0.25, -0.2) is 0 Å². The zero-order valence-electron chi connectivity index (χ0n) is 6.84. The van der Waals surface area contributed by atoms with Crippen molar-refractivity contribution in [1.82, 2.24) is 10.2 Å². The molecule has 1 N–H and O–H groups in total. The molecule has 11 heavy (non-hydrogen) atoms. The minimum atomic E-state index is 0.237. The number of fused-ring (bicyclic) bond motifs is 2. The van der Waals surface area contributed by atoms with Crippen molar-refractivity contribution in [1.29, 1.82) is 0 Å². The first-order valence-corrected chi connectivity index (χ1v) is 4.25. The molecule has 2 aliphatic rings. The molecule has 2 heterocycles. The van der Waals surface area contributed by atoms with Crippen LogP contribution in [0.1, 0.15) is 13.3 Å². The molecule has 2 aliphatic heterocycles. The van der Waals surface area contributed by atoms with Gasteiger partial charge in [0.05, 0.1) is 0 Å². The third kappa shape index (κ3) is 1.13. The van der Waals surface area contributed by atoms with Gasteiger partial charge in [0.15, 0.2) is 0 Å². The molecule has 0 aliphatic carbocycles. The van der Waals surface area contributed by atoms with Crippen molar-refractivity contribution in [2.24, 2.45) is 5.92 Å². The number of amides is 1. The maximum absolute atomic E-state index is 11.1. The highest BCUT2D eigenvalue weighted by molar-refractivity contribution is 5.74. The van der Waals surface area contributed by atoms with Crippen LogP contribution in [-0.4, -0.2) is 36.5 Å². The van der Waals surface area contributed by atoms with Gasteiger partial charge in [-0.1, -0.05) is 0 Å². The fraction of sp³-hybridized carbons (Fsp3) is 0.875. The van der Waals surface area contributed by atoms with E-state index in [1.54, 1.807) is 6.92 Å². The summed E-state index contributed by atoms with van der Waals surface area (Å²) in [4.78, 5) is 13.1. The van der Waals surface area contributed by atoms with Gasteiger partial charge < -0.3 is 10.2 Å². The summed E-state index contributed by atoms with van der Waals surface area (Å²) in [7, 11) is 0. The van der Waals surface area contributed by atoms with Crippen molar-refractivity contribution >= 4 is 5.91 Å². The number of hydrogen-bond acceptors (Lipinski definition) is 2. The first-order valence-electron chi connectivity index (χ1n) is 4.25. The van der Waals surface area contributed by atoms with Gasteiger partial charge in [-0.3, -0.25) is 4.79 Å². The van der Waals surface area contributed by atoms with Gasteiger partial charge in [-0.15, -0.1) is 0 Å². The van der Waals surface area contributed by atoms with Crippen LogP contribution in [0.4, 0.5) is 0 Å². The highest BCUT2D eigenvalue weighted by atomic mass is 16.2. The number of nitrogens with zero attached hydrogens (tertiary/aromatic N) is 1. The SMILES string of the molecule is CC(=O)N1CC2CNCC1C2. The minimum absolute atomic E-state index is 0.237. The lowest BCUT2D eigenvalue weighted by Gasteiger charge is -2.23. The molecule has 0 aromatic rings. The Labute approximate surface area is 66.8 Å². The predicted octanol–water partition coefficient (Wildman–Crippen LogP) is -0.173. The van der Waals surface area contributed by atoms with Gasteiger partial charge in [-0.05, 0) is 18.9 Å². The van der Waals surface area contributed by atoms with Gasteiger partial charge in [0.2, 0.25) is 5.91 Å². The Morgan fingerprint density at radius 3 is 3.00 bits per heavy atom. The smallest absolute Gasteiger partial charge is 0.219 e. The third-order valence-electron chi connectivity index (χ3n) is 2.72. The van der Waals surface area contributed by atoms with E-state index < -0.39 is 0 Å². The summed E-state index contributed by atoms with van der Waals surface area (Å²) in [5.41, 5.74) is 0. The Kier molecular flexibility index (Phi) is 1.60. The van der Waals surface area contributed by atoms with Crippen LogP contribution >= 0.6 is 0 Å². The van der Waals surface area contributed by atoms with Gasteiger partial charge in [0, 0.05) is 26.1 Å². The molecule has 0 aromatic carbocycles. The molecular formula is C8H14N2O. The first kappa shape index (κ1) is 7.10. The number of likely N-dealkylation sites (tertiary alicyclic amines) is 1. The molecule has 62 valence electrons. The second kappa shape index (κ2) is 2.48. The Bertz CT molecular complexity index is 181. The topological polar surface area (TPSA) is 32.3 Å². The quantitative estimate of drug-likeness (QED) is 0.525. The Morgan fingerprint density at radius 1 is 1.55 bits per heavy atom. The molecule has 2 fully saturated rings. The lowest BCUT2D eigenvalue weighted by atomic mass is 10.0. The van der Waals surface area contributed by atoms with Crippen LogP contribution in [0, 0.1) is 5.92 Å². The molecule has 0 aromatic heterocycles. The molecule has 3 heteroatoms. The van der Waals surface area contributed by atoms with Gasteiger partial charge in [-0.2, -0.15) is 0 Å². The molecule has 0 radical (unpaired) electrons. The Hall–Kier alpha value is -0.570. The van der Waals surface area contributed by atoms with Crippen LogP contribution < -0.4 is 5.32 Å². The van der Waals surface area contributed by atoms with Crippen LogP contribution in [0.5, 0.6) is 0 Å². The number of piperidine rings is 1. The van der Waals surface area contributed by atoms with Crippen LogP contribution in [0.2, 0.25) is 0 Å². The Morgan fingerprint density at radius 2 is 2.36 bits per heavy atom. The zero-order valence-corrected chi connectivity index (χ0v) is 6.84. The molecular weight excluding hydrogens is 140 g/mol. The number of hydrogen-bond donors (Lipinski definition) is 1. The fourth-order valence-electron chi connectivity index (χ4n) is 2.19. The van der Waals surface area contributed by atoms with Crippen molar-refractivity contribution in [3.05, 3.63) is 0 Å². The van der Waals surface area contributed by atoms with Crippen LogP contribution in [0.3, 0.4) is 0 Å². The summed E-state index contributed by atoms with van der Waals surface area (Å²) in [6.07, 6.45) is 1.21. The summed E-state index contributed by atoms with van der Waals surface area (Å²) in [5.74, 6) is 0.957. The predicted molar refractivity (Wildman–Crippen MR) is 42.2 cm³/mol. The number of rotatable bonds is 0. The maximum atomic E-state index is 11.1. The monoisotopic (exact) mass is 154 g/mol. The van der Waals surface area contributed by atoms with Crippen molar-refractivity contribution in [2.45, 2.75) is 19.4 Å². The number of carbonyl (C=O) groups is 1. The average Bonchev–Trinajstić information content (AvgIpc) is 2.27.